The number of imide groups is 1. The Kier molecular flexibility index (Phi) is 5.10. The van der Waals surface area contributed by atoms with Gasteiger partial charge in [-0.25, -0.2) is 14.8 Å². The number of nitrogens with one attached hydrogen (secondary N) is 1. The number of nitrogens with zero attached hydrogens (tertiary/aromatic N) is 4. The number of anilines is 1. The van der Waals surface area contributed by atoms with Gasteiger partial charge >= 0.3 is 5.97 Å². The molecule has 1 aliphatic heterocycles. The first-order chi connectivity index (χ1) is 13.3. The molecule has 0 bridgehead atoms. The van der Waals surface area contributed by atoms with Crippen LogP contribution in [0.15, 0.2) is 40.9 Å². The molecule has 1 aromatic carbocycles. The molecule has 28 heavy (non-hydrogen) atoms. The van der Waals surface area contributed by atoms with E-state index in [2.05, 4.69) is 15.4 Å². The SMILES string of the molecule is CSc1nc(-c2cccc(C(=O)O)c2)nc(NN2C(=O)C=C(C)C2=O)c1C#N. The fourth-order valence-corrected chi connectivity index (χ4v) is 3.01. The number of thioether (sulfide) groups is 1. The molecule has 10 heteroatoms. The third-order valence-corrected chi connectivity index (χ3v) is 4.55. The van der Waals surface area contributed by atoms with Crippen LogP contribution < -0.4 is 5.43 Å². The van der Waals surface area contributed by atoms with Gasteiger partial charge in [-0.05, 0) is 25.3 Å². The van der Waals surface area contributed by atoms with E-state index in [-0.39, 0.29) is 28.3 Å². The van der Waals surface area contributed by atoms with Gasteiger partial charge in [0.15, 0.2) is 11.6 Å². The summed E-state index contributed by atoms with van der Waals surface area (Å²) in [6, 6.07) is 7.97. The molecule has 1 aromatic heterocycles. The Morgan fingerprint density at radius 1 is 1.32 bits per heavy atom. The summed E-state index contributed by atoms with van der Waals surface area (Å²) in [4.78, 5) is 43.9. The third-order valence-electron chi connectivity index (χ3n) is 3.87. The molecule has 3 rings (SSSR count). The van der Waals surface area contributed by atoms with Gasteiger partial charge in [-0.2, -0.15) is 10.3 Å². The second-order valence-corrected chi connectivity index (χ2v) is 6.49. The Balaban J connectivity index is 2.10. The lowest BCUT2D eigenvalue weighted by Gasteiger charge is -2.18. The molecule has 140 valence electrons. The topological polar surface area (TPSA) is 136 Å². The van der Waals surface area contributed by atoms with E-state index in [9.17, 15) is 24.8 Å². The highest BCUT2D eigenvalue weighted by molar-refractivity contribution is 7.98. The smallest absolute Gasteiger partial charge is 0.335 e. The van der Waals surface area contributed by atoms with Crippen molar-refractivity contribution in [2.45, 2.75) is 11.9 Å². The van der Waals surface area contributed by atoms with Crippen LogP contribution in [0, 0.1) is 11.3 Å². The number of benzene rings is 1. The second kappa shape index (κ2) is 7.50. The number of carbonyl (C=O) groups is 3. The van der Waals surface area contributed by atoms with Gasteiger partial charge in [0.05, 0.1) is 5.56 Å². The number of aromatic carboxylic acids is 1. The summed E-state index contributed by atoms with van der Waals surface area (Å²) in [5, 5.41) is 19.8. The fourth-order valence-electron chi connectivity index (χ4n) is 2.49. The van der Waals surface area contributed by atoms with Crippen LogP contribution in [0.3, 0.4) is 0 Å². The maximum Gasteiger partial charge on any atom is 0.335 e. The third kappa shape index (κ3) is 3.43. The second-order valence-electron chi connectivity index (χ2n) is 5.70. The zero-order chi connectivity index (χ0) is 20.4. The minimum atomic E-state index is -1.10. The number of nitriles is 1. The normalized spacial score (nSPS) is 13.3. The molecule has 0 radical (unpaired) electrons. The van der Waals surface area contributed by atoms with Crippen molar-refractivity contribution in [1.29, 1.82) is 5.26 Å². The van der Waals surface area contributed by atoms with Crippen molar-refractivity contribution in [3.63, 3.8) is 0 Å². The number of rotatable bonds is 5. The molecule has 0 fully saturated rings. The number of carbonyl (C=O) groups excluding carboxylic acids is 2. The zero-order valence-electron chi connectivity index (χ0n) is 14.8. The number of amides is 2. The summed E-state index contributed by atoms with van der Waals surface area (Å²) in [7, 11) is 0. The lowest BCUT2D eigenvalue weighted by molar-refractivity contribution is -0.135. The molecule has 0 spiro atoms. The summed E-state index contributed by atoms with van der Waals surface area (Å²) in [6.45, 7) is 1.50. The molecule has 2 heterocycles. The minimum absolute atomic E-state index is 0.0256. The molecule has 9 nitrogen and oxygen atoms in total. The average Bonchev–Trinajstić information content (AvgIpc) is 2.93. The van der Waals surface area contributed by atoms with Crippen LogP contribution >= 0.6 is 11.8 Å². The van der Waals surface area contributed by atoms with Gasteiger partial charge < -0.3 is 5.11 Å². The van der Waals surface area contributed by atoms with E-state index in [1.165, 1.54) is 36.9 Å². The predicted molar refractivity (Wildman–Crippen MR) is 100 cm³/mol. The first-order valence-corrected chi connectivity index (χ1v) is 9.11. The van der Waals surface area contributed by atoms with Crippen LogP contribution in [0.5, 0.6) is 0 Å². The summed E-state index contributed by atoms with van der Waals surface area (Å²) in [6.07, 6.45) is 2.89. The van der Waals surface area contributed by atoms with Gasteiger partial charge in [0.2, 0.25) is 0 Å². The van der Waals surface area contributed by atoms with Crippen LogP contribution in [0.1, 0.15) is 22.8 Å². The van der Waals surface area contributed by atoms with Crippen molar-refractivity contribution in [2.75, 3.05) is 11.7 Å². The predicted octanol–water partition coefficient (Wildman–Crippen LogP) is 2.08. The number of carboxylic acid groups (broad SMARTS) is 1. The molecular formula is C18H13N5O4S. The van der Waals surface area contributed by atoms with Crippen molar-refractivity contribution >= 4 is 35.4 Å². The maximum absolute atomic E-state index is 12.1. The first kappa shape index (κ1) is 19.1. The van der Waals surface area contributed by atoms with Gasteiger partial charge in [0.1, 0.15) is 16.7 Å². The molecule has 0 unspecified atom stereocenters. The van der Waals surface area contributed by atoms with Crippen molar-refractivity contribution in [1.82, 2.24) is 15.0 Å². The van der Waals surface area contributed by atoms with E-state index in [4.69, 9.17) is 0 Å². The zero-order valence-corrected chi connectivity index (χ0v) is 15.6. The van der Waals surface area contributed by atoms with E-state index in [0.717, 1.165) is 5.01 Å². The largest absolute Gasteiger partial charge is 0.478 e. The minimum Gasteiger partial charge on any atom is -0.478 e. The lowest BCUT2D eigenvalue weighted by atomic mass is 10.1. The molecule has 0 saturated carbocycles. The standard InChI is InChI=1S/C18H13N5O4S/c1-9-6-13(24)23(17(9)25)22-15-12(8-19)16(28-2)21-14(20-15)10-4-3-5-11(7-10)18(26)27/h3-7H,1-2H3,(H,26,27)(H,20,21,22). The highest BCUT2D eigenvalue weighted by Crippen LogP contribution is 2.28. The van der Waals surface area contributed by atoms with Crippen molar-refractivity contribution in [3.05, 3.63) is 47.0 Å². The van der Waals surface area contributed by atoms with Gasteiger partial charge in [-0.15, -0.1) is 11.8 Å². The Morgan fingerprint density at radius 2 is 2.07 bits per heavy atom. The van der Waals surface area contributed by atoms with Gasteiger partial charge in [-0.3, -0.25) is 15.0 Å². The van der Waals surface area contributed by atoms with Crippen LogP contribution in [-0.4, -0.2) is 44.1 Å². The Bertz CT molecular complexity index is 1090. The summed E-state index contributed by atoms with van der Waals surface area (Å²) < 4.78 is 0. The van der Waals surface area contributed by atoms with E-state index in [1.54, 1.807) is 18.4 Å². The molecule has 2 aromatic rings. The fraction of sp³-hybridized carbons (Fsp3) is 0.111. The van der Waals surface area contributed by atoms with Crippen molar-refractivity contribution in [2.24, 2.45) is 0 Å². The van der Waals surface area contributed by atoms with Crippen LogP contribution in [-0.2, 0) is 9.59 Å². The number of carboxylic acids is 1. The van der Waals surface area contributed by atoms with Crippen LogP contribution in [0.2, 0.25) is 0 Å². The number of hydrazine groups is 1. The number of hydrogen-bond donors (Lipinski definition) is 2. The summed E-state index contributed by atoms with van der Waals surface area (Å²) in [5.41, 5.74) is 3.38. The van der Waals surface area contributed by atoms with E-state index >= 15 is 0 Å². The average molecular weight is 395 g/mol. The molecule has 0 atom stereocenters. The molecule has 2 N–H and O–H groups in total. The number of aromatic nitrogens is 2. The van der Waals surface area contributed by atoms with Crippen LogP contribution in [0.25, 0.3) is 11.4 Å². The van der Waals surface area contributed by atoms with E-state index in [0.29, 0.717) is 10.6 Å². The number of hydrogen-bond acceptors (Lipinski definition) is 8. The quantitative estimate of drug-likeness (QED) is 0.443. The maximum atomic E-state index is 12.1. The highest BCUT2D eigenvalue weighted by atomic mass is 32.2. The van der Waals surface area contributed by atoms with Gasteiger partial charge in [0, 0.05) is 17.2 Å². The van der Waals surface area contributed by atoms with E-state index in [1.807, 2.05) is 6.07 Å². The Hall–Kier alpha value is -3.71. The van der Waals surface area contributed by atoms with E-state index < -0.39 is 17.8 Å². The Morgan fingerprint density at radius 3 is 2.64 bits per heavy atom. The molecule has 2 amide bonds. The summed E-state index contributed by atoms with van der Waals surface area (Å²) >= 11 is 1.18. The van der Waals surface area contributed by atoms with Gasteiger partial charge in [0.25, 0.3) is 11.8 Å². The molecule has 0 aliphatic carbocycles. The lowest BCUT2D eigenvalue weighted by Crippen LogP contribution is -2.37. The van der Waals surface area contributed by atoms with Crippen molar-refractivity contribution < 1.29 is 19.5 Å². The van der Waals surface area contributed by atoms with Crippen molar-refractivity contribution in [3.8, 4) is 17.5 Å². The summed E-state index contributed by atoms with van der Waals surface area (Å²) in [5.74, 6) is -2.10. The molecular weight excluding hydrogens is 382 g/mol. The highest BCUT2D eigenvalue weighted by Gasteiger charge is 2.30. The monoisotopic (exact) mass is 395 g/mol. The molecule has 1 aliphatic rings. The van der Waals surface area contributed by atoms with Gasteiger partial charge in [-0.1, -0.05) is 12.1 Å². The molecule has 0 saturated heterocycles. The Labute approximate surface area is 163 Å². The van der Waals surface area contributed by atoms with Crippen LogP contribution in [0.4, 0.5) is 5.82 Å². The first-order valence-electron chi connectivity index (χ1n) is 7.89.